The van der Waals surface area contributed by atoms with Crippen molar-refractivity contribution in [1.82, 2.24) is 4.90 Å². The van der Waals surface area contributed by atoms with Crippen LogP contribution in [0.1, 0.15) is 21.5 Å². The molecule has 0 saturated carbocycles. The third kappa shape index (κ3) is 4.22. The van der Waals surface area contributed by atoms with Crippen molar-refractivity contribution in [2.24, 2.45) is 0 Å². The third-order valence-electron chi connectivity index (χ3n) is 3.11. The number of nitrogens with zero attached hydrogens (tertiary/aromatic N) is 2. The Kier molecular flexibility index (Phi) is 5.26. The van der Waals surface area contributed by atoms with E-state index in [1.54, 1.807) is 18.3 Å². The molecule has 0 aliphatic rings. The molecule has 0 unspecified atom stereocenters. The maximum Gasteiger partial charge on any atom is 0.416 e. The fourth-order valence-corrected chi connectivity index (χ4v) is 2.47. The summed E-state index contributed by atoms with van der Waals surface area (Å²) in [6.45, 7) is 0.0649. The zero-order chi connectivity index (χ0) is 17.0. The lowest BCUT2D eigenvalue weighted by Crippen LogP contribution is -2.26. The van der Waals surface area contributed by atoms with Crippen molar-refractivity contribution in [3.8, 4) is 6.19 Å². The Morgan fingerprint density at radius 1 is 1.13 bits per heavy atom. The van der Waals surface area contributed by atoms with Crippen molar-refractivity contribution in [1.29, 1.82) is 5.26 Å². The van der Waals surface area contributed by atoms with Crippen LogP contribution in [0.5, 0.6) is 0 Å². The lowest BCUT2D eigenvalue weighted by molar-refractivity contribution is -0.137. The van der Waals surface area contributed by atoms with Gasteiger partial charge in [-0.2, -0.15) is 18.4 Å². The first-order valence-electron chi connectivity index (χ1n) is 6.45. The zero-order valence-corrected chi connectivity index (χ0v) is 13.8. The van der Waals surface area contributed by atoms with Gasteiger partial charge < -0.3 is 0 Å². The molecule has 0 aliphatic carbocycles. The Morgan fingerprint density at radius 3 is 2.26 bits per heavy atom. The number of hydrogen-bond acceptors (Lipinski definition) is 2. The summed E-state index contributed by atoms with van der Waals surface area (Å²) in [5.41, 5.74) is -0.0180. The molecule has 0 atom stereocenters. The van der Waals surface area contributed by atoms with Gasteiger partial charge >= 0.3 is 6.18 Å². The van der Waals surface area contributed by atoms with Gasteiger partial charge in [-0.25, -0.2) is 4.90 Å². The SMILES string of the molecule is N#CN(Cc1ccccc1I)C(=O)c1ccc(C(F)(F)F)cc1. The van der Waals surface area contributed by atoms with Crippen LogP contribution in [0.25, 0.3) is 0 Å². The van der Waals surface area contributed by atoms with Crippen LogP contribution in [-0.2, 0) is 12.7 Å². The Balaban J connectivity index is 2.21. The quantitative estimate of drug-likeness (QED) is 0.411. The van der Waals surface area contributed by atoms with Gasteiger partial charge in [0.1, 0.15) is 0 Å². The van der Waals surface area contributed by atoms with Crippen molar-refractivity contribution in [2.45, 2.75) is 12.7 Å². The summed E-state index contributed by atoms with van der Waals surface area (Å²) >= 11 is 2.09. The molecule has 0 heterocycles. The van der Waals surface area contributed by atoms with E-state index in [1.807, 2.05) is 12.1 Å². The summed E-state index contributed by atoms with van der Waals surface area (Å²) in [5.74, 6) is -0.638. The number of carbonyl (C=O) groups is 1. The highest BCUT2D eigenvalue weighted by Gasteiger charge is 2.30. The van der Waals surface area contributed by atoms with E-state index < -0.39 is 17.6 Å². The highest BCUT2D eigenvalue weighted by atomic mass is 127. The number of hydrogen-bond donors (Lipinski definition) is 0. The van der Waals surface area contributed by atoms with Gasteiger partial charge in [0, 0.05) is 9.13 Å². The first kappa shape index (κ1) is 17.3. The lowest BCUT2D eigenvalue weighted by atomic mass is 10.1. The van der Waals surface area contributed by atoms with Crippen LogP contribution in [0, 0.1) is 15.0 Å². The summed E-state index contributed by atoms with van der Waals surface area (Å²) in [6.07, 6.45) is -2.68. The monoisotopic (exact) mass is 430 g/mol. The Bertz CT molecular complexity index is 751. The van der Waals surface area contributed by atoms with E-state index in [0.29, 0.717) is 0 Å². The Morgan fingerprint density at radius 2 is 1.74 bits per heavy atom. The van der Waals surface area contributed by atoms with Crippen molar-refractivity contribution in [3.63, 3.8) is 0 Å². The normalized spacial score (nSPS) is 10.9. The lowest BCUT2D eigenvalue weighted by Gasteiger charge is -2.15. The number of amides is 1. The number of carbonyl (C=O) groups excluding carboxylic acids is 1. The predicted octanol–water partition coefficient (Wildman–Crippen LogP) is 4.43. The molecule has 1 amide bonds. The largest absolute Gasteiger partial charge is 0.416 e. The van der Waals surface area contributed by atoms with Crippen molar-refractivity contribution in [2.75, 3.05) is 0 Å². The van der Waals surface area contributed by atoms with Crippen LogP contribution in [0.4, 0.5) is 13.2 Å². The summed E-state index contributed by atoms with van der Waals surface area (Å²) in [4.78, 5) is 13.2. The second kappa shape index (κ2) is 7.00. The van der Waals surface area contributed by atoms with Gasteiger partial charge in [-0.15, -0.1) is 0 Å². The van der Waals surface area contributed by atoms with Gasteiger partial charge in [0.15, 0.2) is 6.19 Å². The van der Waals surface area contributed by atoms with Gasteiger partial charge in [0.2, 0.25) is 0 Å². The van der Waals surface area contributed by atoms with E-state index in [9.17, 15) is 18.0 Å². The zero-order valence-electron chi connectivity index (χ0n) is 11.6. The highest BCUT2D eigenvalue weighted by Crippen LogP contribution is 2.29. The van der Waals surface area contributed by atoms with E-state index in [4.69, 9.17) is 5.26 Å². The molecule has 23 heavy (non-hydrogen) atoms. The first-order valence-corrected chi connectivity index (χ1v) is 7.53. The molecule has 7 heteroatoms. The molecule has 0 spiro atoms. The minimum atomic E-state index is -4.46. The number of rotatable bonds is 3. The summed E-state index contributed by atoms with van der Waals surface area (Å²) in [7, 11) is 0. The van der Waals surface area contributed by atoms with Crippen molar-refractivity contribution >= 4 is 28.5 Å². The predicted molar refractivity (Wildman–Crippen MR) is 86.1 cm³/mol. The minimum Gasteiger partial charge on any atom is -0.268 e. The maximum absolute atomic E-state index is 12.5. The fraction of sp³-hybridized carbons (Fsp3) is 0.125. The molecule has 118 valence electrons. The topological polar surface area (TPSA) is 44.1 Å². The van der Waals surface area contributed by atoms with Gasteiger partial charge in [-0.3, -0.25) is 4.79 Å². The Labute approximate surface area is 144 Å². The molecular weight excluding hydrogens is 420 g/mol. The van der Waals surface area contributed by atoms with E-state index in [2.05, 4.69) is 22.6 Å². The number of benzene rings is 2. The molecule has 0 aliphatic heterocycles. The molecule has 2 aromatic carbocycles. The van der Waals surface area contributed by atoms with E-state index in [1.165, 1.54) is 0 Å². The molecule has 2 aromatic rings. The molecule has 0 saturated heterocycles. The van der Waals surface area contributed by atoms with Crippen LogP contribution in [-0.4, -0.2) is 10.8 Å². The van der Waals surface area contributed by atoms with Gasteiger partial charge in [0.25, 0.3) is 5.91 Å². The summed E-state index contributed by atoms with van der Waals surface area (Å²) in [6, 6.07) is 11.1. The minimum absolute atomic E-state index is 0.0329. The van der Waals surface area contributed by atoms with Gasteiger partial charge in [0.05, 0.1) is 12.1 Å². The Hall–Kier alpha value is -2.08. The van der Waals surface area contributed by atoms with E-state index in [-0.39, 0.29) is 12.1 Å². The smallest absolute Gasteiger partial charge is 0.268 e. The fourth-order valence-electron chi connectivity index (χ4n) is 1.91. The van der Waals surface area contributed by atoms with Crippen LogP contribution in [0.15, 0.2) is 48.5 Å². The molecular formula is C16H10F3IN2O. The van der Waals surface area contributed by atoms with Crippen LogP contribution in [0.3, 0.4) is 0 Å². The summed E-state index contributed by atoms with van der Waals surface area (Å²) in [5, 5.41) is 9.17. The second-order valence-electron chi connectivity index (χ2n) is 4.66. The molecule has 3 nitrogen and oxygen atoms in total. The van der Waals surface area contributed by atoms with Crippen molar-refractivity contribution in [3.05, 3.63) is 68.8 Å². The summed E-state index contributed by atoms with van der Waals surface area (Å²) < 4.78 is 38.5. The third-order valence-corrected chi connectivity index (χ3v) is 4.16. The van der Waals surface area contributed by atoms with Crippen LogP contribution >= 0.6 is 22.6 Å². The molecule has 0 fully saturated rings. The standard InChI is InChI=1S/C16H10F3IN2O/c17-16(18,19)13-7-5-11(6-8-13)15(23)22(10-21)9-12-3-1-2-4-14(12)20/h1-8H,9H2. The number of alkyl halides is 3. The molecule has 0 radical (unpaired) electrons. The van der Waals surface area contributed by atoms with Crippen molar-refractivity contribution < 1.29 is 18.0 Å². The van der Waals surface area contributed by atoms with Crippen LogP contribution < -0.4 is 0 Å². The van der Waals surface area contributed by atoms with Crippen LogP contribution in [0.2, 0.25) is 0 Å². The van der Waals surface area contributed by atoms with E-state index >= 15 is 0 Å². The molecule has 0 aromatic heterocycles. The highest BCUT2D eigenvalue weighted by molar-refractivity contribution is 14.1. The molecule has 0 bridgehead atoms. The number of nitriles is 1. The second-order valence-corrected chi connectivity index (χ2v) is 5.82. The van der Waals surface area contributed by atoms with Gasteiger partial charge in [-0.05, 0) is 58.5 Å². The van der Waals surface area contributed by atoms with Gasteiger partial charge in [-0.1, -0.05) is 18.2 Å². The maximum atomic E-state index is 12.5. The molecule has 0 N–H and O–H groups in total. The molecule has 2 rings (SSSR count). The first-order chi connectivity index (χ1) is 10.8. The van der Waals surface area contributed by atoms with E-state index in [0.717, 1.165) is 38.3 Å². The average Bonchev–Trinajstić information content (AvgIpc) is 2.53. The average molecular weight is 430 g/mol. The number of halogens is 4.